The number of amides is 1. The van der Waals surface area contributed by atoms with Crippen molar-refractivity contribution in [3.63, 3.8) is 0 Å². The molecule has 0 saturated carbocycles. The lowest BCUT2D eigenvalue weighted by molar-refractivity contribution is -0.000339. The van der Waals surface area contributed by atoms with E-state index in [1.54, 1.807) is 11.3 Å². The number of aliphatic hydroxyl groups is 1. The number of ether oxygens (including phenoxy) is 1. The van der Waals surface area contributed by atoms with Crippen molar-refractivity contribution in [1.82, 2.24) is 10.3 Å². The number of rotatable bonds is 12. The maximum Gasteiger partial charge on any atom is 0.406 e. The number of methoxy groups -OCH3 is 1. The molecule has 194 valence electrons. The quantitative estimate of drug-likeness (QED) is 0.374. The molecule has 0 aliphatic carbocycles. The summed E-state index contributed by atoms with van der Waals surface area (Å²) in [6.45, 7) is 8.82. The van der Waals surface area contributed by atoms with E-state index in [4.69, 9.17) is 9.82 Å². The molecule has 3 rings (SSSR count). The Morgan fingerprint density at radius 1 is 1.39 bits per heavy atom. The topological polar surface area (TPSA) is 83.9 Å². The molecule has 1 amide bonds. The molecule has 2 N–H and O–H groups in total. The second-order valence-electron chi connectivity index (χ2n) is 9.33. The molecule has 1 aliphatic heterocycles. The molecule has 2 aromatic rings. The first-order valence-electron chi connectivity index (χ1n) is 12.2. The van der Waals surface area contributed by atoms with Crippen molar-refractivity contribution in [3.8, 4) is 0 Å². The second kappa shape index (κ2) is 13.4. The molecular formula is C28H37N3O4S. The number of hydrogen-bond acceptors (Lipinski definition) is 7. The van der Waals surface area contributed by atoms with Crippen LogP contribution in [0.3, 0.4) is 0 Å². The minimum atomic E-state index is -0.667. The van der Waals surface area contributed by atoms with Gasteiger partial charge in [0.05, 0.1) is 31.1 Å². The number of carbonyl (C=O) groups is 1. The Balaban J connectivity index is 1.70. The molecule has 1 aromatic carbocycles. The zero-order valence-corrected chi connectivity index (χ0v) is 22.2. The van der Waals surface area contributed by atoms with Crippen LogP contribution in [0.2, 0.25) is 0 Å². The molecule has 0 fully saturated rings. The maximum absolute atomic E-state index is 11.4. The van der Waals surface area contributed by atoms with Gasteiger partial charge in [-0.2, -0.15) is 0 Å². The van der Waals surface area contributed by atoms with Gasteiger partial charge in [-0.3, -0.25) is 4.84 Å². The summed E-state index contributed by atoms with van der Waals surface area (Å²) < 4.78 is 4.67. The van der Waals surface area contributed by atoms with Crippen LogP contribution in [0.4, 0.5) is 10.5 Å². The van der Waals surface area contributed by atoms with Crippen molar-refractivity contribution in [1.29, 1.82) is 0 Å². The third-order valence-corrected chi connectivity index (χ3v) is 7.39. The van der Waals surface area contributed by atoms with Gasteiger partial charge in [-0.1, -0.05) is 56.4 Å². The molecule has 1 unspecified atom stereocenters. The molecule has 7 nitrogen and oxygen atoms in total. The molecule has 1 aromatic heterocycles. The van der Waals surface area contributed by atoms with Crippen LogP contribution >= 0.6 is 11.3 Å². The van der Waals surface area contributed by atoms with Crippen molar-refractivity contribution in [2.45, 2.75) is 57.2 Å². The Labute approximate surface area is 218 Å². The van der Waals surface area contributed by atoms with Crippen molar-refractivity contribution < 1.29 is 19.5 Å². The standard InChI is InChI=1S/C28H37N3O4S/c1-5-6-7-9-12-22-20-36-26(30-22)28(2,3)25(32)18-24-17-21(15-16-29-27(33)34-4)19-31(35-24)23-13-10-8-11-14-23/h5,7-11,13-14,17,20,24-25,32H,1,6,12,15-16,18-19H2,2-4H3,(H,29,33)/b9-7-/t24?,25-/m1/s1. The molecule has 8 heteroatoms. The van der Waals surface area contributed by atoms with Crippen LogP contribution in [0.25, 0.3) is 0 Å². The van der Waals surface area contributed by atoms with E-state index in [1.807, 2.05) is 55.3 Å². The smallest absolute Gasteiger partial charge is 0.406 e. The van der Waals surface area contributed by atoms with Crippen LogP contribution in [0.15, 0.2) is 72.2 Å². The number of allylic oxidation sites excluding steroid dienone is 3. The van der Waals surface area contributed by atoms with Gasteiger partial charge in [-0.15, -0.1) is 17.9 Å². The largest absolute Gasteiger partial charge is 0.453 e. The predicted molar refractivity (Wildman–Crippen MR) is 145 cm³/mol. The predicted octanol–water partition coefficient (Wildman–Crippen LogP) is 5.34. The summed E-state index contributed by atoms with van der Waals surface area (Å²) in [7, 11) is 1.35. The molecule has 0 saturated heterocycles. The van der Waals surface area contributed by atoms with Crippen molar-refractivity contribution >= 4 is 23.1 Å². The van der Waals surface area contributed by atoms with E-state index in [0.29, 0.717) is 25.9 Å². The third kappa shape index (κ3) is 7.78. The first-order valence-corrected chi connectivity index (χ1v) is 13.1. The third-order valence-electron chi connectivity index (χ3n) is 6.16. The van der Waals surface area contributed by atoms with Crippen LogP contribution in [0.1, 0.15) is 43.8 Å². The van der Waals surface area contributed by atoms with Gasteiger partial charge in [0.25, 0.3) is 0 Å². The summed E-state index contributed by atoms with van der Waals surface area (Å²) in [6, 6.07) is 9.89. The lowest BCUT2D eigenvalue weighted by Gasteiger charge is -2.36. The number of benzene rings is 1. The summed E-state index contributed by atoms with van der Waals surface area (Å²) in [6.07, 6.45) is 9.36. The highest BCUT2D eigenvalue weighted by Gasteiger charge is 2.36. The first-order chi connectivity index (χ1) is 17.3. The fourth-order valence-electron chi connectivity index (χ4n) is 3.90. The fourth-order valence-corrected chi connectivity index (χ4v) is 4.91. The number of nitrogens with zero attached hydrogens (tertiary/aromatic N) is 2. The van der Waals surface area contributed by atoms with E-state index in [9.17, 15) is 9.90 Å². The highest BCUT2D eigenvalue weighted by molar-refractivity contribution is 7.09. The van der Waals surface area contributed by atoms with Crippen LogP contribution < -0.4 is 10.4 Å². The van der Waals surface area contributed by atoms with Crippen molar-refractivity contribution in [2.75, 3.05) is 25.3 Å². The summed E-state index contributed by atoms with van der Waals surface area (Å²) >= 11 is 1.58. The number of aliphatic hydroxyl groups excluding tert-OH is 1. The number of thiazole rings is 1. The number of alkyl carbamates (subject to hydrolysis) is 1. The monoisotopic (exact) mass is 511 g/mol. The van der Waals surface area contributed by atoms with E-state index >= 15 is 0 Å². The van der Waals surface area contributed by atoms with Gasteiger partial charge in [0.1, 0.15) is 11.1 Å². The zero-order valence-electron chi connectivity index (χ0n) is 21.4. The van der Waals surface area contributed by atoms with E-state index in [0.717, 1.165) is 34.8 Å². The van der Waals surface area contributed by atoms with Gasteiger partial charge in [0.2, 0.25) is 0 Å². The van der Waals surface area contributed by atoms with Crippen LogP contribution in [-0.4, -0.2) is 48.6 Å². The van der Waals surface area contributed by atoms with Crippen LogP contribution in [0, 0.1) is 0 Å². The minimum Gasteiger partial charge on any atom is -0.453 e. The van der Waals surface area contributed by atoms with Crippen molar-refractivity contribution in [2.24, 2.45) is 0 Å². The van der Waals surface area contributed by atoms with Crippen LogP contribution in [-0.2, 0) is 21.4 Å². The molecule has 0 bridgehead atoms. The molecule has 1 aliphatic rings. The summed E-state index contributed by atoms with van der Waals surface area (Å²) in [5.41, 5.74) is 2.53. The number of hydrogen-bond donors (Lipinski definition) is 2. The summed E-state index contributed by atoms with van der Waals surface area (Å²) in [4.78, 5) is 22.5. The molecule has 0 spiro atoms. The number of hydroxylamine groups is 1. The molecule has 0 radical (unpaired) electrons. The summed E-state index contributed by atoms with van der Waals surface area (Å²) in [5.74, 6) is 0. The van der Waals surface area contributed by atoms with Crippen LogP contribution in [0.5, 0.6) is 0 Å². The molecule has 36 heavy (non-hydrogen) atoms. The van der Waals surface area contributed by atoms with Gasteiger partial charge < -0.3 is 15.2 Å². The Hall–Kier alpha value is -2.94. The Bertz CT molecular complexity index is 1050. The number of aromatic nitrogens is 1. The number of nitrogens with one attached hydrogen (secondary N) is 1. The zero-order chi connectivity index (χ0) is 26.0. The number of carbonyl (C=O) groups excluding carboxylic acids is 1. The minimum absolute atomic E-state index is 0.317. The van der Waals surface area contributed by atoms with Gasteiger partial charge >= 0.3 is 6.09 Å². The first kappa shape index (κ1) is 27.6. The highest BCUT2D eigenvalue weighted by Crippen LogP contribution is 2.34. The number of anilines is 1. The normalized spacial score (nSPS) is 17.1. The van der Waals surface area contributed by atoms with Gasteiger partial charge in [-0.25, -0.2) is 14.8 Å². The van der Waals surface area contributed by atoms with Gasteiger partial charge in [-0.05, 0) is 30.5 Å². The lowest BCUT2D eigenvalue weighted by Crippen LogP contribution is -2.41. The van der Waals surface area contributed by atoms with E-state index in [2.05, 4.69) is 40.2 Å². The SMILES string of the molecule is C=CC/C=C\Cc1csc(C(C)(C)[C@H](O)CC2C=C(CCNC(=O)OC)CN(c3ccccc3)O2)n1. The molecule has 2 heterocycles. The average molecular weight is 512 g/mol. The number of para-hydroxylation sites is 1. The molecular weight excluding hydrogens is 474 g/mol. The highest BCUT2D eigenvalue weighted by atomic mass is 32.1. The lowest BCUT2D eigenvalue weighted by atomic mass is 9.83. The second-order valence-corrected chi connectivity index (χ2v) is 10.2. The Kier molecular flexibility index (Phi) is 10.3. The van der Waals surface area contributed by atoms with E-state index in [-0.39, 0.29) is 6.10 Å². The molecule has 2 atom stereocenters. The fraction of sp³-hybridized carbons (Fsp3) is 0.429. The van der Waals surface area contributed by atoms with E-state index in [1.165, 1.54) is 7.11 Å². The summed E-state index contributed by atoms with van der Waals surface area (Å²) in [5, 5.41) is 18.9. The van der Waals surface area contributed by atoms with Gasteiger partial charge in [0.15, 0.2) is 0 Å². The average Bonchev–Trinajstić information content (AvgIpc) is 3.37. The maximum atomic E-state index is 11.4. The van der Waals surface area contributed by atoms with E-state index < -0.39 is 17.6 Å². The van der Waals surface area contributed by atoms with Gasteiger partial charge in [0, 0.05) is 30.2 Å². The Morgan fingerprint density at radius 2 is 2.17 bits per heavy atom. The van der Waals surface area contributed by atoms with Crippen molar-refractivity contribution in [3.05, 3.63) is 82.9 Å². The Morgan fingerprint density at radius 3 is 2.89 bits per heavy atom.